The lowest BCUT2D eigenvalue weighted by molar-refractivity contribution is 0.211. The van der Waals surface area contributed by atoms with Gasteiger partial charge >= 0.3 is 0 Å². The van der Waals surface area contributed by atoms with Gasteiger partial charge < -0.3 is 4.90 Å². The lowest BCUT2D eigenvalue weighted by Crippen LogP contribution is -2.48. The van der Waals surface area contributed by atoms with Gasteiger partial charge in [-0.1, -0.05) is 12.2 Å². The van der Waals surface area contributed by atoms with E-state index in [1.54, 1.807) is 6.20 Å². The SMILES string of the molecule is Cc1nc2cncc(N3CCN(C[C@H]4CC=CCC4)CC3)n2n1. The smallest absolute Gasteiger partial charge is 0.176 e. The van der Waals surface area contributed by atoms with E-state index in [4.69, 9.17) is 0 Å². The van der Waals surface area contributed by atoms with Gasteiger partial charge in [-0.3, -0.25) is 9.88 Å². The highest BCUT2D eigenvalue weighted by Crippen LogP contribution is 2.21. The Labute approximate surface area is 136 Å². The largest absolute Gasteiger partial charge is 0.353 e. The molecule has 0 spiro atoms. The molecule has 1 atom stereocenters. The predicted octanol–water partition coefficient (Wildman–Crippen LogP) is 1.91. The van der Waals surface area contributed by atoms with E-state index in [9.17, 15) is 0 Å². The van der Waals surface area contributed by atoms with Crippen LogP contribution in [0, 0.1) is 12.8 Å². The second-order valence-electron chi connectivity index (χ2n) is 6.63. The predicted molar refractivity (Wildman–Crippen MR) is 90.7 cm³/mol. The summed E-state index contributed by atoms with van der Waals surface area (Å²) in [6.07, 6.45) is 12.2. The summed E-state index contributed by atoms with van der Waals surface area (Å²) in [5.41, 5.74) is 0.830. The summed E-state index contributed by atoms with van der Waals surface area (Å²) in [6.45, 7) is 7.45. The summed E-state index contributed by atoms with van der Waals surface area (Å²) in [5.74, 6) is 2.70. The molecule has 23 heavy (non-hydrogen) atoms. The van der Waals surface area contributed by atoms with Crippen molar-refractivity contribution in [1.82, 2.24) is 24.5 Å². The molecule has 0 unspecified atom stereocenters. The third kappa shape index (κ3) is 3.08. The highest BCUT2D eigenvalue weighted by Gasteiger charge is 2.22. The zero-order valence-electron chi connectivity index (χ0n) is 13.7. The van der Waals surface area contributed by atoms with Crippen LogP contribution in [0.15, 0.2) is 24.5 Å². The first-order valence-corrected chi connectivity index (χ1v) is 8.59. The molecule has 1 aliphatic heterocycles. The summed E-state index contributed by atoms with van der Waals surface area (Å²) < 4.78 is 1.92. The standard InChI is InChI=1S/C17H24N6/c1-14-19-16-11-18-12-17(23(16)20-14)22-9-7-21(8-10-22)13-15-5-3-2-4-6-15/h2-3,11-12,15H,4-10,13H2,1H3/t15-/m0/s1. The number of allylic oxidation sites excluding steroid dienone is 2. The maximum absolute atomic E-state index is 4.50. The lowest BCUT2D eigenvalue weighted by Gasteiger charge is -2.37. The van der Waals surface area contributed by atoms with E-state index >= 15 is 0 Å². The van der Waals surface area contributed by atoms with Crippen molar-refractivity contribution in [3.05, 3.63) is 30.4 Å². The maximum atomic E-state index is 4.50. The minimum atomic E-state index is 0.795. The second kappa shape index (κ2) is 6.28. The van der Waals surface area contributed by atoms with Gasteiger partial charge in [-0.2, -0.15) is 4.52 Å². The van der Waals surface area contributed by atoms with E-state index < -0.39 is 0 Å². The quantitative estimate of drug-likeness (QED) is 0.810. The molecule has 4 rings (SSSR count). The summed E-state index contributed by atoms with van der Waals surface area (Å²) in [7, 11) is 0. The number of nitrogens with zero attached hydrogens (tertiary/aromatic N) is 6. The highest BCUT2D eigenvalue weighted by atomic mass is 15.4. The number of aryl methyl sites for hydroxylation is 1. The first-order chi connectivity index (χ1) is 11.3. The number of anilines is 1. The van der Waals surface area contributed by atoms with Gasteiger partial charge in [0.2, 0.25) is 0 Å². The average molecular weight is 312 g/mol. The van der Waals surface area contributed by atoms with Crippen LogP contribution in [0.4, 0.5) is 5.82 Å². The van der Waals surface area contributed by atoms with E-state index in [-0.39, 0.29) is 0 Å². The number of aromatic nitrogens is 4. The topological polar surface area (TPSA) is 49.6 Å². The van der Waals surface area contributed by atoms with Gasteiger partial charge in [0.1, 0.15) is 5.82 Å². The fourth-order valence-corrected chi connectivity index (χ4v) is 3.67. The van der Waals surface area contributed by atoms with E-state index in [0.29, 0.717) is 0 Å². The minimum absolute atomic E-state index is 0.795. The third-order valence-electron chi connectivity index (χ3n) is 4.93. The summed E-state index contributed by atoms with van der Waals surface area (Å²) in [4.78, 5) is 13.7. The summed E-state index contributed by atoms with van der Waals surface area (Å²) >= 11 is 0. The van der Waals surface area contributed by atoms with E-state index in [1.165, 1.54) is 25.8 Å². The molecule has 2 aromatic rings. The number of hydrogen-bond acceptors (Lipinski definition) is 5. The zero-order chi connectivity index (χ0) is 15.6. The molecule has 0 N–H and O–H groups in total. The molecule has 1 saturated heterocycles. The Bertz CT molecular complexity index is 698. The van der Waals surface area contributed by atoms with E-state index in [1.807, 2.05) is 17.6 Å². The molecule has 1 fully saturated rings. The van der Waals surface area contributed by atoms with Crippen LogP contribution in [0.25, 0.3) is 5.65 Å². The molecule has 6 heteroatoms. The molecule has 0 bridgehead atoms. The fourth-order valence-electron chi connectivity index (χ4n) is 3.67. The van der Waals surface area contributed by atoms with Crippen molar-refractivity contribution < 1.29 is 0 Å². The molecule has 0 amide bonds. The Morgan fingerprint density at radius 2 is 2.00 bits per heavy atom. The molecule has 0 radical (unpaired) electrons. The molecule has 0 saturated carbocycles. The van der Waals surface area contributed by atoms with E-state index in [0.717, 1.165) is 49.4 Å². The van der Waals surface area contributed by atoms with Gasteiger partial charge in [0.25, 0.3) is 0 Å². The van der Waals surface area contributed by atoms with Gasteiger partial charge in [0.05, 0.1) is 12.4 Å². The van der Waals surface area contributed by atoms with Crippen molar-refractivity contribution in [2.75, 3.05) is 37.6 Å². The molecule has 0 aromatic carbocycles. The Hall–Kier alpha value is -1.95. The van der Waals surface area contributed by atoms with Crippen molar-refractivity contribution in [2.45, 2.75) is 26.2 Å². The second-order valence-corrected chi connectivity index (χ2v) is 6.63. The van der Waals surface area contributed by atoms with Gasteiger partial charge in [-0.25, -0.2) is 4.98 Å². The average Bonchev–Trinajstić information content (AvgIpc) is 2.97. The molecular formula is C17H24N6. The number of piperazine rings is 1. The first-order valence-electron chi connectivity index (χ1n) is 8.59. The molecule has 122 valence electrons. The van der Waals surface area contributed by atoms with Crippen LogP contribution in [-0.4, -0.2) is 57.2 Å². The Balaban J connectivity index is 1.41. The number of rotatable bonds is 3. The van der Waals surface area contributed by atoms with Crippen LogP contribution in [0.1, 0.15) is 25.1 Å². The molecular weight excluding hydrogens is 288 g/mol. The monoisotopic (exact) mass is 312 g/mol. The van der Waals surface area contributed by atoms with Crippen molar-refractivity contribution in [3.63, 3.8) is 0 Å². The normalized spacial score (nSPS) is 22.8. The molecule has 2 aromatic heterocycles. The Kier molecular flexibility index (Phi) is 3.99. The van der Waals surface area contributed by atoms with Crippen molar-refractivity contribution in [3.8, 4) is 0 Å². The summed E-state index contributed by atoms with van der Waals surface area (Å²) in [5, 5.41) is 4.50. The lowest BCUT2D eigenvalue weighted by atomic mass is 9.94. The number of hydrogen-bond donors (Lipinski definition) is 0. The Morgan fingerprint density at radius 3 is 2.78 bits per heavy atom. The van der Waals surface area contributed by atoms with Crippen LogP contribution >= 0.6 is 0 Å². The van der Waals surface area contributed by atoms with Crippen LogP contribution in [-0.2, 0) is 0 Å². The molecule has 3 heterocycles. The Morgan fingerprint density at radius 1 is 1.13 bits per heavy atom. The maximum Gasteiger partial charge on any atom is 0.176 e. The van der Waals surface area contributed by atoms with Crippen molar-refractivity contribution in [1.29, 1.82) is 0 Å². The summed E-state index contributed by atoms with van der Waals surface area (Å²) in [6, 6.07) is 0. The molecule has 6 nitrogen and oxygen atoms in total. The van der Waals surface area contributed by atoms with Crippen LogP contribution in [0.5, 0.6) is 0 Å². The van der Waals surface area contributed by atoms with Crippen molar-refractivity contribution >= 4 is 11.5 Å². The molecule has 2 aliphatic rings. The van der Waals surface area contributed by atoms with Crippen LogP contribution < -0.4 is 4.90 Å². The van der Waals surface area contributed by atoms with Crippen molar-refractivity contribution in [2.24, 2.45) is 5.92 Å². The first kappa shape index (κ1) is 14.6. The van der Waals surface area contributed by atoms with Crippen LogP contribution in [0.3, 0.4) is 0 Å². The van der Waals surface area contributed by atoms with Gasteiger partial charge in [0.15, 0.2) is 11.5 Å². The van der Waals surface area contributed by atoms with Crippen LogP contribution in [0.2, 0.25) is 0 Å². The van der Waals surface area contributed by atoms with Gasteiger partial charge in [0, 0.05) is 32.7 Å². The molecule has 1 aliphatic carbocycles. The zero-order valence-corrected chi connectivity index (χ0v) is 13.7. The number of fused-ring (bicyclic) bond motifs is 1. The van der Waals surface area contributed by atoms with Gasteiger partial charge in [-0.15, -0.1) is 5.10 Å². The minimum Gasteiger partial charge on any atom is -0.353 e. The highest BCUT2D eigenvalue weighted by molar-refractivity contribution is 5.47. The fraction of sp³-hybridized carbons (Fsp3) is 0.588. The van der Waals surface area contributed by atoms with E-state index in [2.05, 4.69) is 37.0 Å². The van der Waals surface area contributed by atoms with Gasteiger partial charge in [-0.05, 0) is 32.1 Å². The third-order valence-corrected chi connectivity index (χ3v) is 4.93.